The summed E-state index contributed by atoms with van der Waals surface area (Å²) >= 11 is 0. The fourth-order valence-corrected chi connectivity index (χ4v) is 8.45. The van der Waals surface area contributed by atoms with Crippen LogP contribution in [0.25, 0.3) is 0 Å². The summed E-state index contributed by atoms with van der Waals surface area (Å²) in [5.41, 5.74) is 0.682. The van der Waals surface area contributed by atoms with Gasteiger partial charge in [-0.1, -0.05) is 6.92 Å². The Kier molecular flexibility index (Phi) is 5.94. The summed E-state index contributed by atoms with van der Waals surface area (Å²) in [4.78, 5) is 12.1. The van der Waals surface area contributed by atoms with Crippen LogP contribution in [0.15, 0.2) is 18.2 Å². The zero-order chi connectivity index (χ0) is 22.5. The quantitative estimate of drug-likeness (QED) is 0.580. The molecular formula is C27H36F2O3. The number of hydrogen-bond acceptors (Lipinski definition) is 3. The van der Waals surface area contributed by atoms with Crippen molar-refractivity contribution < 1.29 is 23.4 Å². The van der Waals surface area contributed by atoms with Crippen LogP contribution in [0, 0.1) is 46.1 Å². The van der Waals surface area contributed by atoms with Crippen LogP contribution in [-0.2, 0) is 16.1 Å². The number of aliphatic hydroxyl groups excluding tert-OH is 1. The zero-order valence-electron chi connectivity index (χ0n) is 19.1. The Hall–Kier alpha value is -1.33. The topological polar surface area (TPSA) is 46.5 Å². The average molecular weight is 447 g/mol. The van der Waals surface area contributed by atoms with Gasteiger partial charge in [0.15, 0.2) is 0 Å². The van der Waals surface area contributed by atoms with Gasteiger partial charge in [-0.05, 0) is 98.1 Å². The molecule has 176 valence electrons. The van der Waals surface area contributed by atoms with Crippen LogP contribution in [-0.4, -0.2) is 23.6 Å². The van der Waals surface area contributed by atoms with Crippen LogP contribution in [0.1, 0.15) is 76.7 Å². The molecule has 4 aliphatic carbocycles. The van der Waals surface area contributed by atoms with Gasteiger partial charge in [0.05, 0.1) is 12.7 Å². The molecule has 32 heavy (non-hydrogen) atoms. The minimum absolute atomic E-state index is 0.0952. The summed E-state index contributed by atoms with van der Waals surface area (Å²) < 4.78 is 32.7. The molecule has 4 fully saturated rings. The Morgan fingerprint density at radius 1 is 1.03 bits per heavy atom. The van der Waals surface area contributed by atoms with E-state index in [0.29, 0.717) is 41.6 Å². The van der Waals surface area contributed by atoms with Crippen molar-refractivity contribution >= 4 is 5.78 Å². The second kappa shape index (κ2) is 8.47. The van der Waals surface area contributed by atoms with E-state index in [1.807, 2.05) is 0 Å². The van der Waals surface area contributed by atoms with Gasteiger partial charge in [0.2, 0.25) is 0 Å². The Bertz CT molecular complexity index is 852. The number of benzene rings is 1. The second-order valence-corrected chi connectivity index (χ2v) is 11.3. The lowest BCUT2D eigenvalue weighted by Crippen LogP contribution is -2.55. The van der Waals surface area contributed by atoms with E-state index in [1.54, 1.807) is 0 Å². The largest absolute Gasteiger partial charge is 0.393 e. The summed E-state index contributed by atoms with van der Waals surface area (Å²) in [5.74, 6) is 1.63. The Morgan fingerprint density at radius 3 is 2.59 bits per heavy atom. The van der Waals surface area contributed by atoms with E-state index in [1.165, 1.54) is 18.6 Å². The van der Waals surface area contributed by atoms with Gasteiger partial charge < -0.3 is 9.84 Å². The molecule has 0 saturated heterocycles. The molecular weight excluding hydrogens is 410 g/mol. The molecule has 0 bridgehead atoms. The van der Waals surface area contributed by atoms with E-state index >= 15 is 0 Å². The maximum absolute atomic E-state index is 13.4. The van der Waals surface area contributed by atoms with Crippen molar-refractivity contribution in [2.45, 2.75) is 83.8 Å². The molecule has 0 heterocycles. The minimum Gasteiger partial charge on any atom is -0.393 e. The third-order valence-electron chi connectivity index (χ3n) is 10.1. The first-order valence-corrected chi connectivity index (χ1v) is 12.5. The summed E-state index contributed by atoms with van der Waals surface area (Å²) in [5, 5.41) is 11.1. The molecule has 1 aromatic carbocycles. The van der Waals surface area contributed by atoms with E-state index in [9.17, 15) is 18.7 Å². The molecule has 4 saturated carbocycles. The van der Waals surface area contributed by atoms with Gasteiger partial charge in [-0.2, -0.15) is 0 Å². The van der Waals surface area contributed by atoms with E-state index in [4.69, 9.17) is 4.74 Å². The Labute approximate surface area is 189 Å². The number of rotatable bonds is 5. The van der Waals surface area contributed by atoms with Gasteiger partial charge in [0.25, 0.3) is 0 Å². The highest BCUT2D eigenvalue weighted by atomic mass is 19.1. The van der Waals surface area contributed by atoms with Gasteiger partial charge in [0, 0.05) is 30.9 Å². The lowest BCUT2D eigenvalue weighted by molar-refractivity contribution is -0.147. The van der Waals surface area contributed by atoms with E-state index in [-0.39, 0.29) is 23.5 Å². The van der Waals surface area contributed by atoms with Gasteiger partial charge in [-0.25, -0.2) is 8.78 Å². The number of ketones is 1. The van der Waals surface area contributed by atoms with Gasteiger partial charge in [0.1, 0.15) is 17.4 Å². The van der Waals surface area contributed by atoms with Crippen molar-refractivity contribution in [3.63, 3.8) is 0 Å². The Morgan fingerprint density at radius 2 is 1.81 bits per heavy atom. The van der Waals surface area contributed by atoms with Gasteiger partial charge in [-0.15, -0.1) is 0 Å². The molecule has 0 amide bonds. The number of aliphatic hydroxyl groups is 1. The lowest BCUT2D eigenvalue weighted by atomic mass is 9.44. The predicted molar refractivity (Wildman–Crippen MR) is 118 cm³/mol. The number of hydrogen-bond donors (Lipinski definition) is 1. The number of carbonyl (C=O) groups excluding carboxylic acids is 1. The first-order chi connectivity index (χ1) is 15.3. The molecule has 5 heteroatoms. The van der Waals surface area contributed by atoms with Gasteiger partial charge >= 0.3 is 0 Å². The van der Waals surface area contributed by atoms with E-state index in [0.717, 1.165) is 63.9 Å². The number of fused-ring (bicyclic) bond motifs is 5. The fraction of sp³-hybridized carbons (Fsp3) is 0.741. The molecule has 0 spiro atoms. The smallest absolute Gasteiger partial charge is 0.133 e. The van der Waals surface area contributed by atoms with Crippen LogP contribution in [0.3, 0.4) is 0 Å². The normalized spacial score (nSPS) is 41.1. The van der Waals surface area contributed by atoms with Crippen LogP contribution < -0.4 is 0 Å². The Balaban J connectivity index is 1.27. The molecule has 1 N–H and O–H groups in total. The van der Waals surface area contributed by atoms with Crippen molar-refractivity contribution in [2.75, 3.05) is 6.61 Å². The van der Waals surface area contributed by atoms with Crippen LogP contribution in [0.2, 0.25) is 0 Å². The maximum atomic E-state index is 13.4. The van der Waals surface area contributed by atoms with Crippen molar-refractivity contribution in [3.8, 4) is 0 Å². The molecule has 0 aliphatic heterocycles. The second-order valence-electron chi connectivity index (χ2n) is 11.3. The summed E-state index contributed by atoms with van der Waals surface area (Å²) in [7, 11) is 0. The first kappa shape index (κ1) is 22.5. The highest BCUT2D eigenvalue weighted by Crippen LogP contribution is 2.66. The average Bonchev–Trinajstić information content (AvgIpc) is 3.08. The number of Topliss-reactive ketones (excluding diaryl/α,β-unsaturated/α-hetero) is 1. The van der Waals surface area contributed by atoms with Crippen molar-refractivity contribution in [2.24, 2.45) is 34.5 Å². The summed E-state index contributed by atoms with van der Waals surface area (Å²) in [6.07, 6.45) is 9.49. The van der Waals surface area contributed by atoms with Crippen LogP contribution >= 0.6 is 0 Å². The highest BCUT2D eigenvalue weighted by Gasteiger charge is 2.61. The van der Waals surface area contributed by atoms with Crippen molar-refractivity contribution in [3.05, 3.63) is 35.4 Å². The molecule has 3 nitrogen and oxygen atoms in total. The molecule has 7 atom stereocenters. The highest BCUT2D eigenvalue weighted by molar-refractivity contribution is 5.79. The molecule has 4 aliphatic rings. The van der Waals surface area contributed by atoms with Crippen LogP contribution in [0.4, 0.5) is 8.78 Å². The molecule has 1 aromatic rings. The van der Waals surface area contributed by atoms with Crippen molar-refractivity contribution in [1.29, 1.82) is 0 Å². The third-order valence-corrected chi connectivity index (χ3v) is 10.1. The van der Waals surface area contributed by atoms with Crippen LogP contribution in [0.5, 0.6) is 0 Å². The summed E-state index contributed by atoms with van der Waals surface area (Å²) in [6.45, 7) is 3.13. The summed E-state index contributed by atoms with van der Waals surface area (Å²) in [6, 6.07) is 3.50. The SMILES string of the molecule is C[C@]12CCC(=O)C[C@@H]1CC[C@@H]1[C@@H]2CC[C@]2(CCOCc3cc(F)cc(F)c3)[C@@H](O)CC[C@@H]12. The predicted octanol–water partition coefficient (Wildman–Crippen LogP) is 5.82. The minimum atomic E-state index is -0.583. The number of carbonyl (C=O) groups is 1. The van der Waals surface area contributed by atoms with Crippen molar-refractivity contribution in [1.82, 2.24) is 0 Å². The third kappa shape index (κ3) is 3.73. The molecule has 0 unspecified atom stereocenters. The number of halogens is 2. The van der Waals surface area contributed by atoms with Gasteiger partial charge in [-0.3, -0.25) is 4.79 Å². The maximum Gasteiger partial charge on any atom is 0.133 e. The molecule has 0 radical (unpaired) electrons. The van der Waals surface area contributed by atoms with E-state index < -0.39 is 11.6 Å². The van der Waals surface area contributed by atoms with E-state index in [2.05, 4.69) is 6.92 Å². The zero-order valence-corrected chi connectivity index (χ0v) is 19.1. The monoisotopic (exact) mass is 446 g/mol. The molecule has 0 aromatic heterocycles. The standard InChI is InChI=1S/C27H36F2O3/c1-26-8-6-21(30)14-18(26)2-3-22-23(26)7-9-27(24(22)4-5-25(27)31)10-11-32-16-17-12-19(28)15-20(29)13-17/h12-13,15,18,22-25,31H,2-11,14,16H2,1H3/t18-,22+,23-,24-,25-,26-,27+/m0/s1. The number of ether oxygens (including phenoxy) is 1. The first-order valence-electron chi connectivity index (χ1n) is 12.5. The lowest BCUT2D eigenvalue weighted by Gasteiger charge is -2.60. The fourth-order valence-electron chi connectivity index (χ4n) is 8.45. The molecule has 5 rings (SSSR count).